The Morgan fingerprint density at radius 1 is 1.28 bits per heavy atom. The van der Waals surface area contributed by atoms with Gasteiger partial charge in [-0.15, -0.1) is 11.3 Å². The van der Waals surface area contributed by atoms with E-state index in [-0.39, 0.29) is 0 Å². The number of hydrogen-bond donors (Lipinski definition) is 3. The quantitative estimate of drug-likeness (QED) is 0.443. The molecular weight excluding hydrogens is 330 g/mol. The highest BCUT2D eigenvalue weighted by atomic mass is 32.1. The maximum atomic E-state index is 7.47. The zero-order valence-corrected chi connectivity index (χ0v) is 14.9. The van der Waals surface area contributed by atoms with Crippen molar-refractivity contribution in [2.45, 2.75) is 19.8 Å². The lowest BCUT2D eigenvalue weighted by atomic mass is 10.1. The number of rotatable bonds is 7. The number of benzene rings is 1. The van der Waals surface area contributed by atoms with Crippen LogP contribution in [-0.4, -0.2) is 22.7 Å². The van der Waals surface area contributed by atoms with Crippen molar-refractivity contribution in [3.63, 3.8) is 0 Å². The molecular formula is C19H21N5S. The second-order valence-corrected chi connectivity index (χ2v) is 6.99. The first-order valence-electron chi connectivity index (χ1n) is 8.20. The number of hydrogen-bond acceptors (Lipinski definition) is 6. The van der Waals surface area contributed by atoms with Crippen LogP contribution in [0, 0.1) is 12.3 Å². The number of nitrogens with two attached hydrogens (primary N) is 1. The second kappa shape index (κ2) is 7.90. The summed E-state index contributed by atoms with van der Waals surface area (Å²) in [6.07, 6.45) is 4.58. The highest BCUT2D eigenvalue weighted by Crippen LogP contribution is 2.29. The van der Waals surface area contributed by atoms with Crippen LogP contribution in [0.1, 0.15) is 22.7 Å². The summed E-state index contributed by atoms with van der Waals surface area (Å²) in [7, 11) is 0. The monoisotopic (exact) mass is 351 g/mol. The van der Waals surface area contributed by atoms with E-state index in [9.17, 15) is 0 Å². The van der Waals surface area contributed by atoms with Gasteiger partial charge < -0.3 is 16.5 Å². The molecule has 0 fully saturated rings. The predicted octanol–water partition coefficient (Wildman–Crippen LogP) is 3.99. The van der Waals surface area contributed by atoms with Crippen LogP contribution in [0.3, 0.4) is 0 Å². The summed E-state index contributed by atoms with van der Waals surface area (Å²) in [5.41, 5.74) is 7.44. The molecule has 128 valence electrons. The van der Waals surface area contributed by atoms with Crippen LogP contribution in [0.15, 0.2) is 42.6 Å². The third-order valence-corrected chi connectivity index (χ3v) is 4.83. The molecule has 1 aromatic carbocycles. The van der Waals surface area contributed by atoms with Gasteiger partial charge in [0, 0.05) is 23.8 Å². The lowest BCUT2D eigenvalue weighted by molar-refractivity contribution is 0.859. The fraction of sp³-hybridized carbons (Fsp3) is 0.211. The van der Waals surface area contributed by atoms with Gasteiger partial charge in [-0.3, -0.25) is 0 Å². The Bertz CT molecular complexity index is 899. The van der Waals surface area contributed by atoms with Gasteiger partial charge in [0.2, 0.25) is 0 Å². The molecule has 3 aromatic rings. The Morgan fingerprint density at radius 3 is 2.80 bits per heavy atom. The van der Waals surface area contributed by atoms with Gasteiger partial charge in [0.05, 0.1) is 11.0 Å². The minimum atomic E-state index is 0.484. The molecule has 2 aromatic heterocycles. The third kappa shape index (κ3) is 4.03. The highest BCUT2D eigenvalue weighted by molar-refractivity contribution is 7.18. The van der Waals surface area contributed by atoms with Crippen LogP contribution in [-0.2, 0) is 6.42 Å². The van der Waals surface area contributed by atoms with Crippen molar-refractivity contribution >= 4 is 39.2 Å². The van der Waals surface area contributed by atoms with Crippen LogP contribution in [0.2, 0.25) is 0 Å². The molecule has 4 N–H and O–H groups in total. The molecule has 0 radical (unpaired) electrons. The molecule has 0 unspecified atom stereocenters. The summed E-state index contributed by atoms with van der Waals surface area (Å²) in [6.45, 7) is 2.88. The Balaban J connectivity index is 1.78. The molecule has 3 rings (SSSR count). The third-order valence-electron chi connectivity index (χ3n) is 3.89. The standard InChI is InChI=1S/C19H21N5S/c1-13-10-16-18(22-9-5-8-14-6-3-2-4-7-14)23-17(15(11-20)12-21)24-19(16)25-13/h2-4,6-7,10-12,20H,5,8-9,21H2,1H3,(H,22,23,24)/b15-12+,20-11?. The Morgan fingerprint density at radius 2 is 2.08 bits per heavy atom. The van der Waals surface area contributed by atoms with Gasteiger partial charge in [-0.2, -0.15) is 0 Å². The molecule has 0 saturated heterocycles. The number of fused-ring (bicyclic) bond motifs is 1. The zero-order chi connectivity index (χ0) is 17.6. The lowest BCUT2D eigenvalue weighted by Gasteiger charge is -2.09. The van der Waals surface area contributed by atoms with Gasteiger partial charge in [-0.1, -0.05) is 30.3 Å². The fourth-order valence-electron chi connectivity index (χ4n) is 2.64. The van der Waals surface area contributed by atoms with E-state index < -0.39 is 0 Å². The number of aromatic nitrogens is 2. The Hall–Kier alpha value is -2.73. The van der Waals surface area contributed by atoms with Crippen molar-refractivity contribution in [1.82, 2.24) is 9.97 Å². The molecule has 0 bridgehead atoms. The van der Waals surface area contributed by atoms with Gasteiger partial charge >= 0.3 is 0 Å². The molecule has 0 aliphatic carbocycles. The number of anilines is 1. The molecule has 2 heterocycles. The van der Waals surface area contributed by atoms with E-state index in [2.05, 4.69) is 52.5 Å². The van der Waals surface area contributed by atoms with Crippen molar-refractivity contribution in [3.05, 3.63) is 58.9 Å². The minimum absolute atomic E-state index is 0.484. The molecule has 0 atom stereocenters. The summed E-state index contributed by atoms with van der Waals surface area (Å²) in [5.74, 6) is 1.29. The first-order valence-corrected chi connectivity index (χ1v) is 9.01. The molecule has 5 nitrogen and oxygen atoms in total. The topological polar surface area (TPSA) is 87.7 Å². The van der Waals surface area contributed by atoms with Crippen LogP contribution >= 0.6 is 11.3 Å². The number of thiophene rings is 1. The predicted molar refractivity (Wildman–Crippen MR) is 106 cm³/mol. The average Bonchev–Trinajstić information content (AvgIpc) is 3.01. The van der Waals surface area contributed by atoms with Crippen LogP contribution < -0.4 is 11.1 Å². The maximum Gasteiger partial charge on any atom is 0.166 e. The zero-order valence-electron chi connectivity index (χ0n) is 14.1. The summed E-state index contributed by atoms with van der Waals surface area (Å²) < 4.78 is 0. The molecule has 0 saturated carbocycles. The van der Waals surface area contributed by atoms with E-state index >= 15 is 0 Å². The molecule has 0 amide bonds. The van der Waals surface area contributed by atoms with Crippen molar-refractivity contribution in [2.75, 3.05) is 11.9 Å². The first-order chi connectivity index (χ1) is 12.2. The van der Waals surface area contributed by atoms with Gasteiger partial charge in [0.1, 0.15) is 10.6 Å². The summed E-state index contributed by atoms with van der Waals surface area (Å²) >= 11 is 1.62. The number of nitrogens with zero attached hydrogens (tertiary/aromatic N) is 2. The van der Waals surface area contributed by atoms with Crippen molar-refractivity contribution in [1.29, 1.82) is 5.41 Å². The van der Waals surface area contributed by atoms with E-state index in [1.165, 1.54) is 22.9 Å². The van der Waals surface area contributed by atoms with E-state index in [1.807, 2.05) is 6.07 Å². The minimum Gasteiger partial charge on any atom is -0.404 e. The molecule has 0 aliphatic heterocycles. The lowest BCUT2D eigenvalue weighted by Crippen LogP contribution is -2.07. The summed E-state index contributed by atoms with van der Waals surface area (Å²) in [5, 5.41) is 11.9. The van der Waals surface area contributed by atoms with Crippen LogP contribution in [0.25, 0.3) is 15.8 Å². The molecule has 0 spiro atoms. The molecule has 6 heteroatoms. The molecule has 25 heavy (non-hydrogen) atoms. The Labute approximate surface area is 151 Å². The average molecular weight is 351 g/mol. The highest BCUT2D eigenvalue weighted by Gasteiger charge is 2.12. The van der Waals surface area contributed by atoms with Crippen LogP contribution in [0.4, 0.5) is 5.82 Å². The number of nitrogens with one attached hydrogen (secondary N) is 2. The van der Waals surface area contributed by atoms with Gasteiger partial charge in [0.25, 0.3) is 0 Å². The van der Waals surface area contributed by atoms with E-state index in [1.54, 1.807) is 11.3 Å². The van der Waals surface area contributed by atoms with Gasteiger partial charge in [-0.25, -0.2) is 9.97 Å². The van der Waals surface area contributed by atoms with Crippen molar-refractivity contribution < 1.29 is 0 Å². The number of aryl methyl sites for hydroxylation is 2. The largest absolute Gasteiger partial charge is 0.404 e. The van der Waals surface area contributed by atoms with Gasteiger partial charge in [-0.05, 0) is 31.4 Å². The van der Waals surface area contributed by atoms with Crippen molar-refractivity contribution in [2.24, 2.45) is 5.73 Å². The number of allylic oxidation sites excluding steroid dienone is 1. The first kappa shape index (κ1) is 17.1. The SMILES string of the molecule is Cc1cc2c(NCCCc3ccccc3)nc(/C(C=N)=C/N)nc2s1. The van der Waals surface area contributed by atoms with E-state index in [4.69, 9.17) is 11.1 Å². The van der Waals surface area contributed by atoms with Gasteiger partial charge in [0.15, 0.2) is 5.82 Å². The smallest absolute Gasteiger partial charge is 0.166 e. The summed E-state index contributed by atoms with van der Waals surface area (Å²) in [4.78, 5) is 11.2. The fourth-order valence-corrected chi connectivity index (χ4v) is 3.52. The van der Waals surface area contributed by atoms with E-state index in [0.29, 0.717) is 11.4 Å². The second-order valence-electron chi connectivity index (χ2n) is 5.75. The van der Waals surface area contributed by atoms with Crippen LogP contribution in [0.5, 0.6) is 0 Å². The molecule has 0 aliphatic rings. The van der Waals surface area contributed by atoms with E-state index in [0.717, 1.165) is 35.4 Å². The normalized spacial score (nSPS) is 11.6. The van der Waals surface area contributed by atoms with Crippen molar-refractivity contribution in [3.8, 4) is 0 Å². The Kier molecular flexibility index (Phi) is 5.40. The maximum absolute atomic E-state index is 7.47. The summed E-state index contributed by atoms with van der Waals surface area (Å²) in [6, 6.07) is 12.5.